The molecule has 3 aromatic heterocycles. The van der Waals surface area contributed by atoms with E-state index in [0.717, 1.165) is 35.3 Å². The molecule has 0 bridgehead atoms. The fourth-order valence-electron chi connectivity index (χ4n) is 7.21. The van der Waals surface area contributed by atoms with Gasteiger partial charge in [-0.25, -0.2) is 0 Å². The second kappa shape index (κ2) is 10.8. The average molecular weight is 609 g/mol. The van der Waals surface area contributed by atoms with Crippen LogP contribution in [-0.2, 0) is 13.1 Å². The van der Waals surface area contributed by atoms with Gasteiger partial charge in [-0.2, -0.15) is 0 Å². The zero-order valence-electron chi connectivity index (χ0n) is 26.3. The van der Waals surface area contributed by atoms with Crippen molar-refractivity contribution in [3.05, 3.63) is 133 Å². The van der Waals surface area contributed by atoms with Crippen molar-refractivity contribution in [1.82, 2.24) is 19.3 Å². The molecule has 0 amide bonds. The van der Waals surface area contributed by atoms with Crippen LogP contribution in [0.15, 0.2) is 138 Å². The zero-order chi connectivity index (χ0) is 31.5. The molecule has 9 rings (SSSR count). The molecule has 5 heteroatoms. The topological polar surface area (TPSA) is 48.8 Å². The molecule has 9 aromatic rings. The minimum Gasteiger partial charge on any atom is -0.416 e. The van der Waals surface area contributed by atoms with Crippen LogP contribution < -0.4 is 0 Å². The SMILES string of the molecule is CCn1c2ccccc2c2cc(-c3ccc(-c4nnc(-c5ccc(-c6ccc7c(c6)c6ccccc6n7CC)cc5)o4)cc3)ccc21. The fourth-order valence-corrected chi connectivity index (χ4v) is 7.21. The van der Waals surface area contributed by atoms with E-state index in [1.165, 1.54) is 54.7 Å². The van der Waals surface area contributed by atoms with Crippen molar-refractivity contribution < 1.29 is 4.42 Å². The number of rotatable bonds is 6. The van der Waals surface area contributed by atoms with Crippen molar-refractivity contribution in [2.45, 2.75) is 26.9 Å². The number of hydrogen-bond acceptors (Lipinski definition) is 3. The summed E-state index contributed by atoms with van der Waals surface area (Å²) in [6, 6.07) is 47.5. The molecule has 0 N–H and O–H groups in total. The number of para-hydroxylation sites is 2. The van der Waals surface area contributed by atoms with Crippen LogP contribution in [0.5, 0.6) is 0 Å². The standard InChI is InChI=1S/C42H32N4O/c1-3-45-37-11-7-5-9-33(37)35-25-31(21-23-39(35)45)27-13-17-29(18-14-27)41-43-44-42(47-41)30-19-15-28(16-20-30)32-22-24-40-36(26-32)34-10-6-8-12-38(34)46(40)4-2/h5-26H,3-4H2,1-2H3. The first-order valence-electron chi connectivity index (χ1n) is 16.3. The summed E-state index contributed by atoms with van der Waals surface area (Å²) >= 11 is 0. The van der Waals surface area contributed by atoms with Crippen molar-refractivity contribution in [3.63, 3.8) is 0 Å². The van der Waals surface area contributed by atoms with Crippen molar-refractivity contribution in [2.75, 3.05) is 0 Å². The van der Waals surface area contributed by atoms with Crippen LogP contribution in [0.25, 0.3) is 88.8 Å². The quantitative estimate of drug-likeness (QED) is 0.189. The van der Waals surface area contributed by atoms with Crippen LogP contribution in [0.4, 0.5) is 0 Å². The molecular weight excluding hydrogens is 576 g/mol. The number of aromatic nitrogens is 4. The van der Waals surface area contributed by atoms with Crippen molar-refractivity contribution in [1.29, 1.82) is 0 Å². The van der Waals surface area contributed by atoms with E-state index in [1.54, 1.807) is 0 Å². The van der Waals surface area contributed by atoms with Crippen LogP contribution in [-0.4, -0.2) is 19.3 Å². The lowest BCUT2D eigenvalue weighted by atomic mass is 10.0. The molecule has 0 unspecified atom stereocenters. The summed E-state index contributed by atoms with van der Waals surface area (Å²) in [5, 5.41) is 13.9. The highest BCUT2D eigenvalue weighted by Gasteiger charge is 2.14. The molecule has 3 heterocycles. The summed E-state index contributed by atoms with van der Waals surface area (Å²) in [6.07, 6.45) is 0. The van der Waals surface area contributed by atoms with Gasteiger partial charge < -0.3 is 13.6 Å². The van der Waals surface area contributed by atoms with Gasteiger partial charge in [0, 0.05) is 67.8 Å². The van der Waals surface area contributed by atoms with E-state index >= 15 is 0 Å². The highest BCUT2D eigenvalue weighted by Crippen LogP contribution is 2.35. The van der Waals surface area contributed by atoms with Crippen LogP contribution in [0.3, 0.4) is 0 Å². The zero-order valence-corrected chi connectivity index (χ0v) is 26.3. The van der Waals surface area contributed by atoms with Gasteiger partial charge in [0.2, 0.25) is 11.8 Å². The predicted molar refractivity (Wildman–Crippen MR) is 193 cm³/mol. The minimum absolute atomic E-state index is 0.509. The van der Waals surface area contributed by atoms with E-state index < -0.39 is 0 Å². The molecule has 0 saturated carbocycles. The van der Waals surface area contributed by atoms with Gasteiger partial charge in [0.15, 0.2) is 0 Å². The highest BCUT2D eigenvalue weighted by molar-refractivity contribution is 6.10. The molecule has 0 aliphatic rings. The molecule has 5 nitrogen and oxygen atoms in total. The van der Waals surface area contributed by atoms with Gasteiger partial charge >= 0.3 is 0 Å². The Bertz CT molecular complexity index is 2400. The van der Waals surface area contributed by atoms with Gasteiger partial charge in [0.05, 0.1) is 0 Å². The summed E-state index contributed by atoms with van der Waals surface area (Å²) < 4.78 is 10.9. The smallest absolute Gasteiger partial charge is 0.248 e. The summed E-state index contributed by atoms with van der Waals surface area (Å²) in [7, 11) is 0. The van der Waals surface area contributed by atoms with Gasteiger partial charge in [-0.15, -0.1) is 10.2 Å². The van der Waals surface area contributed by atoms with Crippen molar-refractivity contribution in [3.8, 4) is 45.2 Å². The van der Waals surface area contributed by atoms with E-state index in [0.29, 0.717) is 11.8 Å². The Morgan fingerprint density at radius 2 is 0.766 bits per heavy atom. The Morgan fingerprint density at radius 1 is 0.404 bits per heavy atom. The van der Waals surface area contributed by atoms with E-state index in [4.69, 9.17) is 4.42 Å². The second-order valence-corrected chi connectivity index (χ2v) is 12.1. The highest BCUT2D eigenvalue weighted by atomic mass is 16.4. The number of benzene rings is 6. The van der Waals surface area contributed by atoms with Crippen LogP contribution in [0, 0.1) is 0 Å². The first-order valence-corrected chi connectivity index (χ1v) is 16.3. The van der Waals surface area contributed by atoms with Crippen molar-refractivity contribution >= 4 is 43.6 Å². The third kappa shape index (κ3) is 4.38. The molecule has 6 aromatic carbocycles. The predicted octanol–water partition coefficient (Wildman–Crippen LogP) is 11.0. The lowest BCUT2D eigenvalue weighted by Gasteiger charge is -2.06. The Labute approximate surface area is 272 Å². The summed E-state index contributed by atoms with van der Waals surface area (Å²) in [6.45, 7) is 6.28. The average Bonchev–Trinajstić information content (AvgIpc) is 3.84. The molecule has 47 heavy (non-hydrogen) atoms. The molecule has 0 radical (unpaired) electrons. The maximum atomic E-state index is 6.16. The first-order chi connectivity index (χ1) is 23.2. The number of nitrogens with zero attached hydrogens (tertiary/aromatic N) is 4. The third-order valence-corrected chi connectivity index (χ3v) is 9.53. The van der Waals surface area contributed by atoms with Gasteiger partial charge in [0.25, 0.3) is 0 Å². The Hall–Kier alpha value is -5.94. The third-order valence-electron chi connectivity index (χ3n) is 9.53. The molecule has 0 atom stereocenters. The van der Waals surface area contributed by atoms with Gasteiger partial charge in [-0.3, -0.25) is 0 Å². The fraction of sp³-hybridized carbons (Fsp3) is 0.0952. The summed E-state index contributed by atoms with van der Waals surface area (Å²) in [5.74, 6) is 1.02. The molecule has 226 valence electrons. The van der Waals surface area contributed by atoms with E-state index in [2.05, 4.69) is 167 Å². The summed E-state index contributed by atoms with van der Waals surface area (Å²) in [5.41, 5.74) is 11.5. The first kappa shape index (κ1) is 27.4. The monoisotopic (exact) mass is 608 g/mol. The van der Waals surface area contributed by atoms with Gasteiger partial charge in [-0.05, 0) is 96.8 Å². The Balaban J connectivity index is 0.977. The van der Waals surface area contributed by atoms with E-state index in [-0.39, 0.29) is 0 Å². The molecule has 0 spiro atoms. The van der Waals surface area contributed by atoms with Crippen LogP contribution in [0.1, 0.15) is 13.8 Å². The Morgan fingerprint density at radius 3 is 1.19 bits per heavy atom. The lowest BCUT2D eigenvalue weighted by molar-refractivity contribution is 0.584. The van der Waals surface area contributed by atoms with Gasteiger partial charge in [-0.1, -0.05) is 72.8 Å². The maximum absolute atomic E-state index is 6.16. The summed E-state index contributed by atoms with van der Waals surface area (Å²) in [4.78, 5) is 0. The Kier molecular flexibility index (Phi) is 6.32. The van der Waals surface area contributed by atoms with E-state index in [1.807, 2.05) is 0 Å². The number of aryl methyl sites for hydroxylation is 2. The minimum atomic E-state index is 0.509. The second-order valence-electron chi connectivity index (χ2n) is 12.1. The lowest BCUT2D eigenvalue weighted by Crippen LogP contribution is -1.92. The van der Waals surface area contributed by atoms with Crippen LogP contribution >= 0.6 is 0 Å². The van der Waals surface area contributed by atoms with Gasteiger partial charge in [0.1, 0.15) is 0 Å². The molecular formula is C42H32N4O. The molecule has 0 aliphatic heterocycles. The van der Waals surface area contributed by atoms with E-state index in [9.17, 15) is 0 Å². The normalized spacial score (nSPS) is 11.8. The molecule has 0 fully saturated rings. The van der Waals surface area contributed by atoms with Crippen molar-refractivity contribution in [2.24, 2.45) is 0 Å². The largest absolute Gasteiger partial charge is 0.416 e. The van der Waals surface area contributed by atoms with Crippen LogP contribution in [0.2, 0.25) is 0 Å². The molecule has 0 aliphatic carbocycles. The number of hydrogen-bond donors (Lipinski definition) is 0. The maximum Gasteiger partial charge on any atom is 0.248 e. The molecule has 0 saturated heterocycles. The number of fused-ring (bicyclic) bond motifs is 6.